The van der Waals surface area contributed by atoms with E-state index in [4.69, 9.17) is 0 Å². The molecule has 0 saturated heterocycles. The summed E-state index contributed by atoms with van der Waals surface area (Å²) in [5.41, 5.74) is 6.33. The van der Waals surface area contributed by atoms with Crippen LogP contribution in [0.5, 0.6) is 0 Å². The number of nitrogens with one attached hydrogen (secondary N) is 3. The summed E-state index contributed by atoms with van der Waals surface area (Å²) in [5.74, 6) is 0. The minimum Gasteiger partial charge on any atom is -0.369 e. The first-order chi connectivity index (χ1) is 17.2. The standard InChI is InChI=1S/C28H22N6O/c29-18-19-7-8-26-25(15-19)27(11-14-31-26)33-22-4-1-3-20(16-22)28(35)34-24-6-2-5-23(17-24)32-21-9-12-30-13-10-21/h1-17,28,34-35H,(H,30,32)(H,31,33). The lowest BCUT2D eigenvalue weighted by atomic mass is 10.1. The van der Waals surface area contributed by atoms with Crippen LogP contribution in [0.15, 0.2) is 104 Å². The van der Waals surface area contributed by atoms with Gasteiger partial charge in [0.1, 0.15) is 0 Å². The van der Waals surface area contributed by atoms with Gasteiger partial charge in [0.15, 0.2) is 6.23 Å². The van der Waals surface area contributed by atoms with Crippen LogP contribution in [-0.4, -0.2) is 15.1 Å². The van der Waals surface area contributed by atoms with E-state index in [-0.39, 0.29) is 0 Å². The molecule has 0 radical (unpaired) electrons. The van der Waals surface area contributed by atoms with E-state index in [2.05, 4.69) is 32.0 Å². The molecule has 0 bridgehead atoms. The summed E-state index contributed by atoms with van der Waals surface area (Å²) < 4.78 is 0. The molecule has 0 aliphatic heterocycles. The van der Waals surface area contributed by atoms with Crippen molar-refractivity contribution >= 4 is 39.3 Å². The van der Waals surface area contributed by atoms with E-state index >= 15 is 0 Å². The summed E-state index contributed by atoms with van der Waals surface area (Å²) in [6.45, 7) is 0. The lowest BCUT2D eigenvalue weighted by Gasteiger charge is -2.17. The maximum absolute atomic E-state index is 10.9. The fourth-order valence-electron chi connectivity index (χ4n) is 3.80. The van der Waals surface area contributed by atoms with Gasteiger partial charge in [0.05, 0.1) is 17.1 Å². The normalized spacial score (nSPS) is 11.4. The summed E-state index contributed by atoms with van der Waals surface area (Å²) >= 11 is 0. The van der Waals surface area contributed by atoms with Gasteiger partial charge in [-0.05, 0) is 66.7 Å². The van der Waals surface area contributed by atoms with Crippen LogP contribution in [-0.2, 0) is 0 Å². The van der Waals surface area contributed by atoms with Crippen LogP contribution in [0.1, 0.15) is 17.4 Å². The Balaban J connectivity index is 1.33. The number of anilines is 5. The minimum absolute atomic E-state index is 0.572. The van der Waals surface area contributed by atoms with Gasteiger partial charge in [-0.2, -0.15) is 5.26 Å². The van der Waals surface area contributed by atoms with E-state index in [0.717, 1.165) is 39.3 Å². The molecule has 0 saturated carbocycles. The van der Waals surface area contributed by atoms with Gasteiger partial charge in [-0.25, -0.2) is 0 Å². The molecule has 3 aromatic carbocycles. The maximum Gasteiger partial charge on any atom is 0.150 e. The molecule has 7 heteroatoms. The molecule has 0 spiro atoms. The number of nitrogens with zero attached hydrogens (tertiary/aromatic N) is 3. The number of aliphatic hydroxyl groups excluding tert-OH is 1. The highest BCUT2D eigenvalue weighted by Crippen LogP contribution is 2.28. The van der Waals surface area contributed by atoms with E-state index in [1.807, 2.05) is 78.9 Å². The Morgan fingerprint density at radius 3 is 2.34 bits per heavy atom. The molecule has 2 aromatic heterocycles. The Labute approximate surface area is 202 Å². The molecule has 0 aliphatic rings. The Morgan fingerprint density at radius 1 is 0.743 bits per heavy atom. The second-order valence-corrected chi connectivity index (χ2v) is 7.94. The van der Waals surface area contributed by atoms with Crippen LogP contribution in [0, 0.1) is 11.3 Å². The van der Waals surface area contributed by atoms with Crippen LogP contribution in [0.4, 0.5) is 28.4 Å². The number of benzene rings is 3. The van der Waals surface area contributed by atoms with Crippen LogP contribution in [0.2, 0.25) is 0 Å². The van der Waals surface area contributed by atoms with Gasteiger partial charge in [0.25, 0.3) is 0 Å². The topological polar surface area (TPSA) is 106 Å². The molecule has 0 fully saturated rings. The van der Waals surface area contributed by atoms with Crippen molar-refractivity contribution in [3.05, 3.63) is 115 Å². The zero-order chi connectivity index (χ0) is 24.0. The molecule has 2 heterocycles. The summed E-state index contributed by atoms with van der Waals surface area (Å²) in [6, 6.07) is 28.5. The van der Waals surface area contributed by atoms with Gasteiger partial charge >= 0.3 is 0 Å². The molecule has 5 aromatic rings. The quantitative estimate of drug-likeness (QED) is 0.219. The number of pyridine rings is 2. The third-order valence-electron chi connectivity index (χ3n) is 5.49. The monoisotopic (exact) mass is 458 g/mol. The van der Waals surface area contributed by atoms with Crippen LogP contribution >= 0.6 is 0 Å². The summed E-state index contributed by atoms with van der Waals surface area (Å²) in [7, 11) is 0. The molecule has 1 unspecified atom stereocenters. The highest BCUT2D eigenvalue weighted by Gasteiger charge is 2.10. The molecule has 0 amide bonds. The lowest BCUT2D eigenvalue weighted by molar-refractivity contribution is 0.208. The molecule has 35 heavy (non-hydrogen) atoms. The lowest BCUT2D eigenvalue weighted by Crippen LogP contribution is -2.10. The van der Waals surface area contributed by atoms with Crippen molar-refractivity contribution < 1.29 is 5.11 Å². The third kappa shape index (κ3) is 5.19. The van der Waals surface area contributed by atoms with Gasteiger partial charge in [0.2, 0.25) is 0 Å². The second kappa shape index (κ2) is 9.91. The highest BCUT2D eigenvalue weighted by atomic mass is 16.3. The highest BCUT2D eigenvalue weighted by molar-refractivity contribution is 5.93. The first-order valence-electron chi connectivity index (χ1n) is 11.1. The second-order valence-electron chi connectivity index (χ2n) is 7.94. The summed E-state index contributed by atoms with van der Waals surface area (Å²) in [4.78, 5) is 8.40. The molecule has 0 aliphatic carbocycles. The molecule has 5 rings (SSSR count). The number of aromatic nitrogens is 2. The fourth-order valence-corrected chi connectivity index (χ4v) is 3.80. The van der Waals surface area contributed by atoms with Gasteiger partial charge in [-0.1, -0.05) is 18.2 Å². The van der Waals surface area contributed by atoms with E-state index in [1.54, 1.807) is 24.7 Å². The van der Waals surface area contributed by atoms with E-state index in [0.29, 0.717) is 11.1 Å². The average molecular weight is 459 g/mol. The molecule has 4 N–H and O–H groups in total. The van der Waals surface area contributed by atoms with Crippen LogP contribution < -0.4 is 16.0 Å². The number of aliphatic hydroxyl groups is 1. The largest absolute Gasteiger partial charge is 0.369 e. The Bertz CT molecular complexity index is 1510. The molecule has 170 valence electrons. The third-order valence-corrected chi connectivity index (χ3v) is 5.49. The van der Waals surface area contributed by atoms with Crippen molar-refractivity contribution in [1.82, 2.24) is 9.97 Å². The van der Waals surface area contributed by atoms with Crippen LogP contribution in [0.3, 0.4) is 0 Å². The summed E-state index contributed by atoms with van der Waals surface area (Å²) in [5, 5.41) is 30.8. The minimum atomic E-state index is -0.910. The predicted molar refractivity (Wildman–Crippen MR) is 139 cm³/mol. The summed E-state index contributed by atoms with van der Waals surface area (Å²) in [6.07, 6.45) is 4.27. The SMILES string of the molecule is N#Cc1ccc2nccc(Nc3cccc(C(O)Nc4cccc(Nc5ccncc5)c4)c3)c2c1. The number of nitriles is 1. The molecule has 1 atom stereocenters. The Hall–Kier alpha value is -4.93. The van der Waals surface area contributed by atoms with E-state index in [9.17, 15) is 10.4 Å². The van der Waals surface area contributed by atoms with Gasteiger partial charge in [0, 0.05) is 58.0 Å². The Kier molecular flexibility index (Phi) is 6.20. The number of fused-ring (bicyclic) bond motifs is 1. The number of hydrogen-bond donors (Lipinski definition) is 4. The van der Waals surface area contributed by atoms with Gasteiger partial charge in [-0.3, -0.25) is 9.97 Å². The molecular weight excluding hydrogens is 436 g/mol. The molecular formula is C28H22N6O. The smallest absolute Gasteiger partial charge is 0.150 e. The average Bonchev–Trinajstić information content (AvgIpc) is 2.89. The molecule has 7 nitrogen and oxygen atoms in total. The first-order valence-corrected chi connectivity index (χ1v) is 11.1. The van der Waals surface area contributed by atoms with Crippen molar-refractivity contribution in [1.29, 1.82) is 5.26 Å². The fraction of sp³-hybridized carbons (Fsp3) is 0.0357. The predicted octanol–water partition coefficient (Wildman–Crippen LogP) is 6.09. The van der Waals surface area contributed by atoms with Crippen molar-refractivity contribution in [3.8, 4) is 6.07 Å². The zero-order valence-corrected chi connectivity index (χ0v) is 18.7. The van der Waals surface area contributed by atoms with Crippen molar-refractivity contribution in [2.45, 2.75) is 6.23 Å². The van der Waals surface area contributed by atoms with Crippen molar-refractivity contribution in [2.75, 3.05) is 16.0 Å². The number of rotatable bonds is 7. The zero-order valence-electron chi connectivity index (χ0n) is 18.7. The van der Waals surface area contributed by atoms with Crippen molar-refractivity contribution in [2.24, 2.45) is 0 Å². The van der Waals surface area contributed by atoms with E-state index < -0.39 is 6.23 Å². The van der Waals surface area contributed by atoms with Gasteiger partial charge in [-0.15, -0.1) is 0 Å². The maximum atomic E-state index is 10.9. The first kappa shape index (κ1) is 21.9. The Morgan fingerprint density at radius 2 is 1.51 bits per heavy atom. The van der Waals surface area contributed by atoms with Crippen LogP contribution in [0.25, 0.3) is 10.9 Å². The van der Waals surface area contributed by atoms with Gasteiger partial charge < -0.3 is 21.1 Å². The number of hydrogen-bond acceptors (Lipinski definition) is 7. The van der Waals surface area contributed by atoms with Crippen molar-refractivity contribution in [3.63, 3.8) is 0 Å². The van der Waals surface area contributed by atoms with E-state index in [1.165, 1.54) is 0 Å².